The van der Waals surface area contributed by atoms with E-state index in [4.69, 9.17) is 0 Å². The summed E-state index contributed by atoms with van der Waals surface area (Å²) in [6, 6.07) is 12.6. The second-order valence-corrected chi connectivity index (χ2v) is 7.93. The molecule has 1 heterocycles. The number of nitrogens with one attached hydrogen (secondary N) is 2. The van der Waals surface area contributed by atoms with Gasteiger partial charge in [-0.2, -0.15) is 0 Å². The van der Waals surface area contributed by atoms with Gasteiger partial charge in [-0.05, 0) is 44.2 Å². The topological polar surface area (TPSA) is 75.3 Å². The summed E-state index contributed by atoms with van der Waals surface area (Å²) in [5.41, 5.74) is 1.99. The van der Waals surface area contributed by atoms with E-state index in [-0.39, 0.29) is 12.3 Å². The number of ketones is 1. The summed E-state index contributed by atoms with van der Waals surface area (Å²) in [6.07, 6.45) is 7.68. The van der Waals surface area contributed by atoms with Crippen molar-refractivity contribution in [1.82, 2.24) is 10.6 Å². The first-order valence-corrected chi connectivity index (χ1v) is 10.4. The lowest BCUT2D eigenvalue weighted by Crippen LogP contribution is -2.39. The predicted octanol–water partition coefficient (Wildman–Crippen LogP) is 3.60. The molecule has 0 fully saturated rings. The van der Waals surface area contributed by atoms with E-state index in [1.165, 1.54) is 29.8 Å². The molecule has 5 nitrogen and oxygen atoms in total. The van der Waals surface area contributed by atoms with E-state index < -0.39 is 11.8 Å². The lowest BCUT2D eigenvalue weighted by atomic mass is 9.97. The number of thiophene rings is 1. The number of hydrogen-bond donors (Lipinski definition) is 2. The average molecular weight is 397 g/mol. The van der Waals surface area contributed by atoms with Crippen LogP contribution in [0.4, 0.5) is 0 Å². The highest BCUT2D eigenvalue weighted by Gasteiger charge is 2.15. The van der Waals surface area contributed by atoms with Crippen molar-refractivity contribution in [3.63, 3.8) is 0 Å². The van der Waals surface area contributed by atoms with Crippen molar-refractivity contribution in [1.29, 1.82) is 0 Å². The largest absolute Gasteiger partial charge is 0.348 e. The summed E-state index contributed by atoms with van der Waals surface area (Å²) >= 11 is 1.32. The molecule has 1 aliphatic rings. The highest BCUT2D eigenvalue weighted by Crippen LogP contribution is 2.20. The predicted molar refractivity (Wildman–Crippen MR) is 110 cm³/mol. The van der Waals surface area contributed by atoms with Gasteiger partial charge in [0.15, 0.2) is 0 Å². The third-order valence-electron chi connectivity index (χ3n) is 4.67. The molecule has 1 aromatic heterocycles. The molecule has 0 unspecified atom stereocenters. The molecule has 0 saturated heterocycles. The number of allylic oxidation sites excluding steroid dienone is 1. The number of carbonyl (C=O) groups is 3. The van der Waals surface area contributed by atoms with Crippen molar-refractivity contribution in [2.45, 2.75) is 38.6 Å². The van der Waals surface area contributed by atoms with Crippen LogP contribution in [0, 0.1) is 0 Å². The Labute approximate surface area is 168 Å². The first-order chi connectivity index (χ1) is 13.6. The van der Waals surface area contributed by atoms with Gasteiger partial charge in [0.1, 0.15) is 0 Å². The van der Waals surface area contributed by atoms with Gasteiger partial charge in [0.25, 0.3) is 0 Å². The monoisotopic (exact) mass is 396 g/mol. The molecular weight excluding hydrogens is 372 g/mol. The van der Waals surface area contributed by atoms with E-state index >= 15 is 0 Å². The van der Waals surface area contributed by atoms with Crippen LogP contribution < -0.4 is 10.6 Å². The maximum absolute atomic E-state index is 12.4. The molecule has 3 rings (SSSR count). The highest BCUT2D eigenvalue weighted by atomic mass is 32.1. The van der Waals surface area contributed by atoms with Crippen LogP contribution in [0.3, 0.4) is 0 Å². The Bertz CT molecular complexity index is 871. The SMILES string of the molecule is O=C(NCCC1=CCCCC1)C(=O)NCc1ccc(C(=O)c2ccccc2)s1. The molecular formula is C22H24N2O3S. The van der Waals surface area contributed by atoms with Gasteiger partial charge < -0.3 is 10.6 Å². The number of amides is 2. The maximum atomic E-state index is 12.4. The molecule has 2 amide bonds. The van der Waals surface area contributed by atoms with E-state index in [1.54, 1.807) is 24.3 Å². The fourth-order valence-electron chi connectivity index (χ4n) is 3.12. The van der Waals surface area contributed by atoms with Crippen molar-refractivity contribution < 1.29 is 14.4 Å². The molecule has 0 bridgehead atoms. The van der Waals surface area contributed by atoms with Gasteiger partial charge in [-0.1, -0.05) is 42.0 Å². The van der Waals surface area contributed by atoms with Gasteiger partial charge in [0, 0.05) is 17.0 Å². The molecule has 0 spiro atoms. The van der Waals surface area contributed by atoms with Crippen LogP contribution in [-0.2, 0) is 16.1 Å². The third kappa shape index (κ3) is 5.63. The summed E-state index contributed by atoms with van der Waals surface area (Å²) in [4.78, 5) is 37.7. The van der Waals surface area contributed by atoms with Crippen LogP contribution in [0.2, 0.25) is 0 Å². The van der Waals surface area contributed by atoms with E-state index in [9.17, 15) is 14.4 Å². The normalized spacial score (nSPS) is 13.5. The highest BCUT2D eigenvalue weighted by molar-refractivity contribution is 7.14. The zero-order chi connectivity index (χ0) is 19.8. The lowest BCUT2D eigenvalue weighted by Gasteiger charge is -2.12. The Morgan fingerprint density at radius 2 is 1.71 bits per heavy atom. The average Bonchev–Trinajstić information content (AvgIpc) is 3.22. The van der Waals surface area contributed by atoms with E-state index in [2.05, 4.69) is 16.7 Å². The van der Waals surface area contributed by atoms with Crippen molar-refractivity contribution in [3.05, 3.63) is 69.4 Å². The molecule has 0 saturated carbocycles. The lowest BCUT2D eigenvalue weighted by molar-refractivity contribution is -0.139. The molecule has 2 N–H and O–H groups in total. The summed E-state index contributed by atoms with van der Waals surface area (Å²) < 4.78 is 0. The van der Waals surface area contributed by atoms with E-state index in [0.29, 0.717) is 17.0 Å². The van der Waals surface area contributed by atoms with Crippen molar-refractivity contribution in [2.75, 3.05) is 6.54 Å². The molecule has 0 atom stereocenters. The summed E-state index contributed by atoms with van der Waals surface area (Å²) in [6.45, 7) is 0.705. The first kappa shape index (κ1) is 20.0. The van der Waals surface area contributed by atoms with Crippen LogP contribution in [0.15, 0.2) is 54.1 Å². The second kappa shape index (κ2) is 9.99. The third-order valence-corrected chi connectivity index (χ3v) is 5.75. The van der Waals surface area contributed by atoms with Gasteiger partial charge in [0.05, 0.1) is 11.4 Å². The molecule has 146 valence electrons. The Kier molecular flexibility index (Phi) is 7.14. The molecule has 28 heavy (non-hydrogen) atoms. The van der Waals surface area contributed by atoms with Crippen molar-refractivity contribution >= 4 is 28.9 Å². The van der Waals surface area contributed by atoms with E-state index in [1.807, 2.05) is 18.2 Å². The number of benzene rings is 1. The Morgan fingerprint density at radius 3 is 2.46 bits per heavy atom. The molecule has 1 aliphatic carbocycles. The van der Waals surface area contributed by atoms with Gasteiger partial charge in [0.2, 0.25) is 5.78 Å². The van der Waals surface area contributed by atoms with Crippen LogP contribution >= 0.6 is 11.3 Å². The maximum Gasteiger partial charge on any atom is 0.309 e. The van der Waals surface area contributed by atoms with Gasteiger partial charge in [-0.3, -0.25) is 14.4 Å². The Balaban J connectivity index is 1.43. The van der Waals surface area contributed by atoms with Gasteiger partial charge >= 0.3 is 11.8 Å². The van der Waals surface area contributed by atoms with Crippen LogP contribution in [0.5, 0.6) is 0 Å². The molecule has 0 radical (unpaired) electrons. The Morgan fingerprint density at radius 1 is 0.929 bits per heavy atom. The van der Waals surface area contributed by atoms with Crippen LogP contribution in [0.1, 0.15) is 52.2 Å². The van der Waals surface area contributed by atoms with Crippen molar-refractivity contribution in [3.8, 4) is 0 Å². The summed E-state index contributed by atoms with van der Waals surface area (Å²) in [5.74, 6) is -1.31. The minimum Gasteiger partial charge on any atom is -0.348 e. The summed E-state index contributed by atoms with van der Waals surface area (Å²) in [5, 5.41) is 5.28. The standard InChI is InChI=1S/C22H24N2O3S/c25-20(17-9-5-2-6-10-17)19-12-11-18(28-19)15-24-22(27)21(26)23-14-13-16-7-3-1-4-8-16/h2,5-7,9-12H,1,3-4,8,13-15H2,(H,23,26)(H,24,27). The molecule has 2 aromatic rings. The second-order valence-electron chi connectivity index (χ2n) is 6.76. The quantitative estimate of drug-likeness (QED) is 0.427. The zero-order valence-corrected chi connectivity index (χ0v) is 16.5. The molecule has 6 heteroatoms. The minimum absolute atomic E-state index is 0.0436. The zero-order valence-electron chi connectivity index (χ0n) is 15.7. The number of carbonyl (C=O) groups excluding carboxylic acids is 3. The van der Waals surface area contributed by atoms with Crippen LogP contribution in [-0.4, -0.2) is 24.1 Å². The van der Waals surface area contributed by atoms with Crippen LogP contribution in [0.25, 0.3) is 0 Å². The fraction of sp³-hybridized carbons (Fsp3) is 0.318. The van der Waals surface area contributed by atoms with Gasteiger partial charge in [-0.15, -0.1) is 11.3 Å². The minimum atomic E-state index is -0.651. The van der Waals surface area contributed by atoms with Crippen molar-refractivity contribution in [2.24, 2.45) is 0 Å². The smallest absolute Gasteiger partial charge is 0.309 e. The van der Waals surface area contributed by atoms with E-state index in [0.717, 1.165) is 24.1 Å². The Hall–Kier alpha value is -2.73. The molecule has 1 aromatic carbocycles. The first-order valence-electron chi connectivity index (χ1n) is 9.56. The number of rotatable bonds is 7. The van der Waals surface area contributed by atoms with Gasteiger partial charge in [-0.25, -0.2) is 0 Å². The number of hydrogen-bond acceptors (Lipinski definition) is 4. The molecule has 0 aliphatic heterocycles. The summed E-state index contributed by atoms with van der Waals surface area (Å²) in [7, 11) is 0. The fourth-order valence-corrected chi connectivity index (χ4v) is 4.03.